The van der Waals surface area contributed by atoms with Crippen LogP contribution >= 0.6 is 0 Å². The maximum Gasteiger partial charge on any atom is 0.320 e. The molecule has 0 saturated carbocycles. The number of halogens is 1. The third-order valence-corrected chi connectivity index (χ3v) is 15.6. The molecule has 290 valence electrons. The Bertz CT molecular complexity index is 2310. The van der Waals surface area contributed by atoms with Crippen LogP contribution < -0.4 is 14.2 Å². The second-order valence-electron chi connectivity index (χ2n) is 16.0. The van der Waals surface area contributed by atoms with Crippen LogP contribution in [0, 0.1) is 5.82 Å². The number of aromatic nitrogens is 3. The second-order valence-corrected chi connectivity index (χ2v) is 20.8. The van der Waals surface area contributed by atoms with Gasteiger partial charge in [0.15, 0.2) is 14.1 Å². The smallest absolute Gasteiger partial charge is 0.320 e. The van der Waals surface area contributed by atoms with Crippen molar-refractivity contribution in [3.05, 3.63) is 126 Å². The van der Waals surface area contributed by atoms with Crippen LogP contribution in [0.3, 0.4) is 0 Å². The molecule has 10 heteroatoms. The molecule has 2 aromatic heterocycles. The third kappa shape index (κ3) is 8.94. The number of benzene rings is 4. The normalized spacial score (nSPS) is 15.2. The zero-order chi connectivity index (χ0) is 39.3. The van der Waals surface area contributed by atoms with Gasteiger partial charge in [-0.2, -0.15) is 9.97 Å². The summed E-state index contributed by atoms with van der Waals surface area (Å²) < 4.78 is 42.5. The van der Waals surface area contributed by atoms with E-state index in [-0.39, 0.29) is 40.8 Å². The summed E-state index contributed by atoms with van der Waals surface area (Å²) in [4.78, 5) is 16.3. The summed E-state index contributed by atoms with van der Waals surface area (Å²) in [5.41, 5.74) is 3.68. The van der Waals surface area contributed by atoms with Gasteiger partial charge >= 0.3 is 6.01 Å². The Labute approximate surface area is 330 Å². The fourth-order valence-electron chi connectivity index (χ4n) is 6.69. The molecule has 7 rings (SSSR count). The molecule has 0 spiro atoms. The Morgan fingerprint density at radius 1 is 0.875 bits per heavy atom. The maximum atomic E-state index is 17.3. The van der Waals surface area contributed by atoms with Crippen molar-refractivity contribution < 1.29 is 23.0 Å². The van der Waals surface area contributed by atoms with Crippen molar-refractivity contribution in [2.45, 2.75) is 71.0 Å². The molecule has 1 saturated heterocycles. The van der Waals surface area contributed by atoms with Gasteiger partial charge in [0.2, 0.25) is 5.88 Å². The fraction of sp³-hybridized carbons (Fsp3) is 0.326. The number of likely N-dealkylation sites (tertiary alicyclic amines) is 1. The molecule has 56 heavy (non-hydrogen) atoms. The first kappa shape index (κ1) is 39.1. The monoisotopic (exact) mass is 770 g/mol. The van der Waals surface area contributed by atoms with Crippen LogP contribution in [0.4, 0.5) is 4.39 Å². The number of fused-ring (bicyclic) bond motifs is 2. The lowest BCUT2D eigenvalue weighted by atomic mass is 9.95. The Morgan fingerprint density at radius 3 is 2.27 bits per heavy atom. The topological polar surface area (TPSA) is 78.8 Å². The predicted molar refractivity (Wildman–Crippen MR) is 225 cm³/mol. The maximum absolute atomic E-state index is 17.3. The van der Waals surface area contributed by atoms with Crippen LogP contribution in [0.5, 0.6) is 17.6 Å². The van der Waals surface area contributed by atoms with E-state index in [1.807, 2.05) is 103 Å². The van der Waals surface area contributed by atoms with Crippen LogP contribution in [0.15, 0.2) is 103 Å². The van der Waals surface area contributed by atoms with Crippen LogP contribution in [0.1, 0.15) is 50.3 Å². The van der Waals surface area contributed by atoms with Gasteiger partial charge in [0.05, 0.1) is 12.0 Å². The molecule has 4 aromatic carbocycles. The van der Waals surface area contributed by atoms with Crippen LogP contribution in [0.25, 0.3) is 39.0 Å². The van der Waals surface area contributed by atoms with Gasteiger partial charge in [0.1, 0.15) is 36.8 Å². The number of hydrogen-bond acceptors (Lipinski definition) is 8. The number of nitrogens with zero attached hydrogens (tertiary/aromatic N) is 4. The summed E-state index contributed by atoms with van der Waals surface area (Å²) in [6, 6.07) is 30.0. The van der Waals surface area contributed by atoms with Gasteiger partial charge in [-0.3, -0.25) is 4.98 Å². The van der Waals surface area contributed by atoms with E-state index in [2.05, 4.69) is 55.8 Å². The SMILES string of the molecule is CN1CCC[C@H]1COc1nc(OCc2ccccc2)c2cnc(-c3cc(OCc4ccccc4)cc4cccc(/C=C/CO[Si](C)(C)C(C)(C)C)c34)c(F)c2n1. The molecular weight excluding hydrogens is 720 g/mol. The molecule has 1 aliphatic rings. The lowest BCUT2D eigenvalue weighted by Gasteiger charge is -2.35. The van der Waals surface area contributed by atoms with Crippen molar-refractivity contribution in [3.63, 3.8) is 0 Å². The first-order chi connectivity index (χ1) is 27.0. The zero-order valence-electron chi connectivity index (χ0n) is 33.2. The number of likely N-dealkylation sites (N-methyl/N-ethyl adjacent to an activating group) is 1. The van der Waals surface area contributed by atoms with Crippen molar-refractivity contribution >= 4 is 36.1 Å². The molecule has 0 unspecified atom stereocenters. The molecule has 1 atom stereocenters. The van der Waals surface area contributed by atoms with Crippen molar-refractivity contribution in [1.82, 2.24) is 19.9 Å². The summed E-state index contributed by atoms with van der Waals surface area (Å²) >= 11 is 0. The highest BCUT2D eigenvalue weighted by Crippen LogP contribution is 2.40. The van der Waals surface area contributed by atoms with Gasteiger partial charge in [0, 0.05) is 17.8 Å². The lowest BCUT2D eigenvalue weighted by Crippen LogP contribution is -2.40. The number of hydrogen-bond donors (Lipinski definition) is 0. The van der Waals surface area contributed by atoms with E-state index < -0.39 is 14.1 Å². The van der Waals surface area contributed by atoms with Gasteiger partial charge in [-0.25, -0.2) is 4.39 Å². The van der Waals surface area contributed by atoms with E-state index in [1.54, 1.807) is 6.20 Å². The van der Waals surface area contributed by atoms with Crippen LogP contribution in [0.2, 0.25) is 18.1 Å². The minimum atomic E-state index is -1.95. The minimum Gasteiger partial charge on any atom is -0.489 e. The minimum absolute atomic E-state index is 0.0621. The van der Waals surface area contributed by atoms with Crippen molar-refractivity contribution in [2.75, 3.05) is 26.8 Å². The molecule has 0 aliphatic carbocycles. The Kier molecular flexibility index (Phi) is 11.8. The summed E-state index contributed by atoms with van der Waals surface area (Å²) in [6.07, 6.45) is 7.79. The summed E-state index contributed by atoms with van der Waals surface area (Å²) in [6.45, 7) is 13.6. The first-order valence-corrected chi connectivity index (χ1v) is 22.3. The van der Waals surface area contributed by atoms with Gasteiger partial charge in [-0.05, 0) is 84.2 Å². The van der Waals surface area contributed by atoms with Crippen molar-refractivity contribution in [3.8, 4) is 28.9 Å². The molecule has 0 radical (unpaired) electrons. The molecule has 0 N–H and O–H groups in total. The fourth-order valence-corrected chi connectivity index (χ4v) is 7.63. The molecule has 8 nitrogen and oxygen atoms in total. The van der Waals surface area contributed by atoms with E-state index in [0.717, 1.165) is 46.8 Å². The summed E-state index contributed by atoms with van der Waals surface area (Å²) in [5, 5.41) is 2.18. The highest BCUT2D eigenvalue weighted by atomic mass is 28.4. The lowest BCUT2D eigenvalue weighted by molar-refractivity contribution is 0.185. The number of ether oxygens (including phenoxy) is 3. The molecule has 6 aromatic rings. The van der Waals surface area contributed by atoms with E-state index in [1.165, 1.54) is 0 Å². The van der Waals surface area contributed by atoms with Crippen LogP contribution in [-0.4, -0.2) is 61.0 Å². The second kappa shape index (κ2) is 16.9. The summed E-state index contributed by atoms with van der Waals surface area (Å²) in [7, 11) is 0.131. The molecule has 1 aliphatic heterocycles. The van der Waals surface area contributed by atoms with E-state index in [9.17, 15) is 0 Å². The molecule has 3 heterocycles. The molecule has 1 fully saturated rings. The van der Waals surface area contributed by atoms with E-state index >= 15 is 4.39 Å². The van der Waals surface area contributed by atoms with E-state index in [0.29, 0.717) is 36.5 Å². The van der Waals surface area contributed by atoms with Gasteiger partial charge < -0.3 is 23.5 Å². The quantitative estimate of drug-likeness (QED) is 0.101. The largest absolute Gasteiger partial charge is 0.489 e. The van der Waals surface area contributed by atoms with Crippen molar-refractivity contribution in [2.24, 2.45) is 0 Å². The van der Waals surface area contributed by atoms with Gasteiger partial charge in [-0.15, -0.1) is 0 Å². The molecular formula is C46H51FN4O4Si. The number of rotatable bonds is 14. The Morgan fingerprint density at radius 2 is 1.59 bits per heavy atom. The zero-order valence-corrected chi connectivity index (χ0v) is 34.2. The highest BCUT2D eigenvalue weighted by Gasteiger charge is 2.36. The van der Waals surface area contributed by atoms with Crippen LogP contribution in [-0.2, 0) is 17.6 Å². The third-order valence-electron chi connectivity index (χ3n) is 11.1. The average molecular weight is 771 g/mol. The molecule has 0 bridgehead atoms. The highest BCUT2D eigenvalue weighted by molar-refractivity contribution is 6.74. The first-order valence-electron chi connectivity index (χ1n) is 19.4. The standard InChI is InChI=1S/C46H51FN4O4Si/c1-46(2,3)56(5,6)55-25-15-22-34-20-13-21-35-26-37(52-29-32-16-9-7-10-17-32)27-38(40(34)35)42-41(47)43-39(28-48-42)44(53-30-33-18-11-8-12-19-33)50-45(49-43)54-31-36-23-14-24-51(36)4/h7-13,15-22,26-28,36H,14,23-25,29-31H2,1-6H3/b22-15+/t36-/m0/s1. The Balaban J connectivity index is 1.32. The van der Waals surface area contributed by atoms with Crippen molar-refractivity contribution in [1.29, 1.82) is 0 Å². The molecule has 0 amide bonds. The summed E-state index contributed by atoms with van der Waals surface area (Å²) in [5.74, 6) is 0.208. The van der Waals surface area contributed by atoms with Gasteiger partial charge in [-0.1, -0.05) is 112 Å². The predicted octanol–water partition coefficient (Wildman–Crippen LogP) is 10.7. The average Bonchev–Trinajstić information content (AvgIpc) is 3.61. The van der Waals surface area contributed by atoms with E-state index in [4.69, 9.17) is 23.6 Å². The number of pyridine rings is 1. The van der Waals surface area contributed by atoms with Gasteiger partial charge in [0.25, 0.3) is 0 Å². The Hall–Kier alpha value is -5.16.